The number of benzene rings is 1. The van der Waals surface area contributed by atoms with Gasteiger partial charge in [-0.3, -0.25) is 0 Å². The third-order valence-electron chi connectivity index (χ3n) is 2.18. The van der Waals surface area contributed by atoms with E-state index in [1.165, 1.54) is 0 Å². The number of halogens is 2. The van der Waals surface area contributed by atoms with E-state index in [0.717, 1.165) is 21.1 Å². The second kappa shape index (κ2) is 7.01. The Morgan fingerprint density at radius 1 is 1.35 bits per heavy atom. The van der Waals surface area contributed by atoms with Gasteiger partial charge in [0.1, 0.15) is 0 Å². The van der Waals surface area contributed by atoms with Crippen LogP contribution in [0.15, 0.2) is 27.1 Å². The highest BCUT2D eigenvalue weighted by Gasteiger charge is 2.05. The quantitative estimate of drug-likeness (QED) is 0.818. The van der Waals surface area contributed by atoms with Crippen molar-refractivity contribution in [3.8, 4) is 0 Å². The summed E-state index contributed by atoms with van der Waals surface area (Å²) in [4.78, 5) is 11.6. The van der Waals surface area contributed by atoms with Gasteiger partial charge in [-0.05, 0) is 46.5 Å². The van der Waals surface area contributed by atoms with Crippen LogP contribution in [-0.2, 0) is 0 Å². The van der Waals surface area contributed by atoms with E-state index in [2.05, 4.69) is 56.3 Å². The minimum Gasteiger partial charge on any atom is -0.338 e. The van der Waals surface area contributed by atoms with Crippen molar-refractivity contribution in [2.24, 2.45) is 5.92 Å². The molecular weight excluding hydrogens is 348 g/mol. The molecule has 2 amide bonds. The highest BCUT2D eigenvalue weighted by Crippen LogP contribution is 2.25. The first kappa shape index (κ1) is 14.5. The summed E-state index contributed by atoms with van der Waals surface area (Å²) in [5.74, 6) is 0.591. The number of nitrogens with one attached hydrogen (secondary N) is 2. The molecule has 0 heterocycles. The van der Waals surface area contributed by atoms with Crippen LogP contribution < -0.4 is 10.6 Å². The summed E-state index contributed by atoms with van der Waals surface area (Å²) in [5, 5.41) is 5.62. The van der Waals surface area contributed by atoms with Crippen LogP contribution >= 0.6 is 31.9 Å². The smallest absolute Gasteiger partial charge is 0.319 e. The average molecular weight is 364 g/mol. The first-order valence-electron chi connectivity index (χ1n) is 5.49. The van der Waals surface area contributed by atoms with Crippen LogP contribution in [0.3, 0.4) is 0 Å². The molecule has 0 aromatic heterocycles. The topological polar surface area (TPSA) is 41.1 Å². The lowest BCUT2D eigenvalue weighted by molar-refractivity contribution is 0.251. The molecule has 0 saturated heterocycles. The van der Waals surface area contributed by atoms with Crippen molar-refractivity contribution < 1.29 is 4.79 Å². The maximum Gasteiger partial charge on any atom is 0.319 e. The molecule has 0 saturated carbocycles. The molecule has 0 aliphatic heterocycles. The Labute approximate surface area is 119 Å². The van der Waals surface area contributed by atoms with E-state index in [4.69, 9.17) is 0 Å². The third kappa shape index (κ3) is 5.55. The van der Waals surface area contributed by atoms with Crippen LogP contribution in [0.1, 0.15) is 20.3 Å². The number of amides is 2. The Hall–Kier alpha value is -0.550. The van der Waals surface area contributed by atoms with Gasteiger partial charge >= 0.3 is 6.03 Å². The first-order chi connectivity index (χ1) is 7.99. The summed E-state index contributed by atoms with van der Waals surface area (Å²) >= 11 is 6.75. The van der Waals surface area contributed by atoms with Gasteiger partial charge in [0, 0.05) is 15.5 Å². The molecule has 0 aliphatic rings. The maximum absolute atomic E-state index is 11.6. The van der Waals surface area contributed by atoms with E-state index in [1.54, 1.807) is 0 Å². The first-order valence-corrected chi connectivity index (χ1v) is 7.07. The van der Waals surface area contributed by atoms with Crippen LogP contribution in [0.4, 0.5) is 10.5 Å². The van der Waals surface area contributed by atoms with Crippen LogP contribution in [-0.4, -0.2) is 12.6 Å². The zero-order valence-electron chi connectivity index (χ0n) is 9.89. The number of carbonyl (C=O) groups excluding carboxylic acids is 1. The minimum absolute atomic E-state index is 0.176. The number of urea groups is 1. The van der Waals surface area contributed by atoms with Gasteiger partial charge in [0.05, 0.1) is 5.69 Å². The molecule has 0 radical (unpaired) electrons. The van der Waals surface area contributed by atoms with Gasteiger partial charge in [-0.1, -0.05) is 29.8 Å². The van der Waals surface area contributed by atoms with Gasteiger partial charge in [0.25, 0.3) is 0 Å². The van der Waals surface area contributed by atoms with Crippen LogP contribution in [0.2, 0.25) is 0 Å². The summed E-state index contributed by atoms with van der Waals surface area (Å²) in [6, 6.07) is 5.47. The number of anilines is 1. The van der Waals surface area contributed by atoms with Crippen LogP contribution in [0.25, 0.3) is 0 Å². The fourth-order valence-electron chi connectivity index (χ4n) is 1.23. The van der Waals surface area contributed by atoms with Gasteiger partial charge in [-0.2, -0.15) is 0 Å². The van der Waals surface area contributed by atoms with Gasteiger partial charge in [-0.25, -0.2) is 4.79 Å². The Morgan fingerprint density at radius 2 is 2.06 bits per heavy atom. The van der Waals surface area contributed by atoms with E-state index in [1.807, 2.05) is 18.2 Å². The molecule has 17 heavy (non-hydrogen) atoms. The Balaban J connectivity index is 2.47. The van der Waals surface area contributed by atoms with E-state index in [-0.39, 0.29) is 6.03 Å². The maximum atomic E-state index is 11.6. The van der Waals surface area contributed by atoms with Crippen molar-refractivity contribution in [2.75, 3.05) is 11.9 Å². The molecular formula is C12H16Br2N2O. The second-order valence-electron chi connectivity index (χ2n) is 4.19. The molecule has 0 bridgehead atoms. The van der Waals surface area contributed by atoms with Gasteiger partial charge < -0.3 is 10.6 Å². The zero-order valence-corrected chi connectivity index (χ0v) is 13.1. The summed E-state index contributed by atoms with van der Waals surface area (Å²) < 4.78 is 1.79. The SMILES string of the molecule is CC(C)CCNC(=O)Nc1cc(Br)ccc1Br. The Morgan fingerprint density at radius 3 is 2.71 bits per heavy atom. The highest BCUT2D eigenvalue weighted by molar-refractivity contribution is 9.11. The highest BCUT2D eigenvalue weighted by atomic mass is 79.9. The van der Waals surface area contributed by atoms with Gasteiger partial charge in [0.15, 0.2) is 0 Å². The molecule has 1 aromatic carbocycles. The summed E-state index contributed by atoms with van der Waals surface area (Å²) in [6.07, 6.45) is 0.979. The lowest BCUT2D eigenvalue weighted by Crippen LogP contribution is -2.30. The monoisotopic (exact) mass is 362 g/mol. The fraction of sp³-hybridized carbons (Fsp3) is 0.417. The predicted octanol–water partition coefficient (Wildman–Crippen LogP) is 4.38. The molecule has 94 valence electrons. The summed E-state index contributed by atoms with van der Waals surface area (Å²) in [5.41, 5.74) is 0.751. The molecule has 5 heteroatoms. The van der Waals surface area contributed by atoms with Gasteiger partial charge in [0.2, 0.25) is 0 Å². The molecule has 0 spiro atoms. The largest absolute Gasteiger partial charge is 0.338 e. The fourth-order valence-corrected chi connectivity index (χ4v) is 1.94. The third-order valence-corrected chi connectivity index (χ3v) is 3.37. The molecule has 1 aromatic rings. The second-order valence-corrected chi connectivity index (χ2v) is 5.96. The number of hydrogen-bond donors (Lipinski definition) is 2. The lowest BCUT2D eigenvalue weighted by atomic mass is 10.1. The molecule has 0 aliphatic carbocycles. The lowest BCUT2D eigenvalue weighted by Gasteiger charge is -2.10. The molecule has 1 rings (SSSR count). The van der Waals surface area contributed by atoms with E-state index in [0.29, 0.717) is 12.5 Å². The van der Waals surface area contributed by atoms with Crippen molar-refractivity contribution in [1.29, 1.82) is 0 Å². The van der Waals surface area contributed by atoms with Crippen molar-refractivity contribution in [3.63, 3.8) is 0 Å². The van der Waals surface area contributed by atoms with E-state index < -0.39 is 0 Å². The Kier molecular flexibility index (Phi) is 5.98. The Bertz CT molecular complexity index is 394. The molecule has 3 nitrogen and oxygen atoms in total. The zero-order chi connectivity index (χ0) is 12.8. The predicted molar refractivity (Wildman–Crippen MR) is 78.3 cm³/mol. The summed E-state index contributed by atoms with van der Waals surface area (Å²) in [6.45, 7) is 4.95. The summed E-state index contributed by atoms with van der Waals surface area (Å²) in [7, 11) is 0. The van der Waals surface area contributed by atoms with Crippen molar-refractivity contribution in [2.45, 2.75) is 20.3 Å². The number of rotatable bonds is 4. The van der Waals surface area contributed by atoms with Crippen LogP contribution in [0.5, 0.6) is 0 Å². The number of hydrogen-bond acceptors (Lipinski definition) is 1. The average Bonchev–Trinajstić information content (AvgIpc) is 2.23. The molecule has 2 N–H and O–H groups in total. The molecule has 0 fully saturated rings. The van der Waals surface area contributed by atoms with E-state index >= 15 is 0 Å². The normalized spacial score (nSPS) is 10.4. The molecule has 0 unspecified atom stereocenters. The number of carbonyl (C=O) groups is 1. The van der Waals surface area contributed by atoms with E-state index in [9.17, 15) is 4.79 Å². The van der Waals surface area contributed by atoms with Crippen molar-refractivity contribution in [1.82, 2.24) is 5.32 Å². The molecule has 0 atom stereocenters. The van der Waals surface area contributed by atoms with Crippen LogP contribution in [0, 0.1) is 5.92 Å². The van der Waals surface area contributed by atoms with Crippen molar-refractivity contribution in [3.05, 3.63) is 27.1 Å². The van der Waals surface area contributed by atoms with Crippen molar-refractivity contribution >= 4 is 43.6 Å². The standard InChI is InChI=1S/C12H16Br2N2O/c1-8(2)5-6-15-12(17)16-11-7-9(13)3-4-10(11)14/h3-4,7-8H,5-6H2,1-2H3,(H2,15,16,17). The van der Waals surface area contributed by atoms with Gasteiger partial charge in [-0.15, -0.1) is 0 Å². The minimum atomic E-state index is -0.176.